The summed E-state index contributed by atoms with van der Waals surface area (Å²) in [7, 11) is 1.80. The second kappa shape index (κ2) is 11.5. The smallest absolute Gasteiger partial charge is 0.416 e. The number of ether oxygens (including phenoxy) is 2. The SMILES string of the molecule is CNc1ccc([C@H]2CC(=O)C[C@@H](COc3ccc(C(F)(F)F)cc3)[C@@H]2C(=O)OCc2ccccc2)cc1. The van der Waals surface area contributed by atoms with E-state index in [4.69, 9.17) is 9.47 Å². The van der Waals surface area contributed by atoms with Crippen molar-refractivity contribution in [3.05, 3.63) is 95.6 Å². The molecule has 3 aromatic carbocycles. The van der Waals surface area contributed by atoms with Crippen molar-refractivity contribution in [2.45, 2.75) is 31.5 Å². The van der Waals surface area contributed by atoms with Gasteiger partial charge >= 0.3 is 12.1 Å². The van der Waals surface area contributed by atoms with E-state index in [0.29, 0.717) is 0 Å². The summed E-state index contributed by atoms with van der Waals surface area (Å²) in [5.74, 6) is -1.76. The lowest BCUT2D eigenvalue weighted by Crippen LogP contribution is -2.40. The minimum absolute atomic E-state index is 0.00387. The van der Waals surface area contributed by atoms with Crippen LogP contribution in [-0.2, 0) is 27.1 Å². The standard InChI is InChI=1S/C29H28F3NO4/c1-33-23-11-7-20(8-12-23)26-16-24(34)15-21(18-36-25-13-9-22(10-14-25)29(30,31)32)27(26)28(35)37-17-19-5-3-2-4-6-19/h2-14,21,26-27,33H,15-18H2,1H3/t21-,26+,27-/m0/s1. The van der Waals surface area contributed by atoms with Gasteiger partial charge in [0.2, 0.25) is 0 Å². The van der Waals surface area contributed by atoms with Crippen molar-refractivity contribution >= 4 is 17.4 Å². The van der Waals surface area contributed by atoms with Gasteiger partial charge in [-0.05, 0) is 47.5 Å². The molecule has 1 aliphatic carbocycles. The fourth-order valence-electron chi connectivity index (χ4n) is 4.71. The zero-order chi connectivity index (χ0) is 26.4. The van der Waals surface area contributed by atoms with Crippen molar-refractivity contribution in [1.29, 1.82) is 0 Å². The summed E-state index contributed by atoms with van der Waals surface area (Å²) in [6, 6.07) is 21.2. The van der Waals surface area contributed by atoms with Crippen molar-refractivity contribution in [3.8, 4) is 5.75 Å². The number of nitrogens with one attached hydrogen (secondary N) is 1. The Kier molecular flexibility index (Phi) is 8.16. The number of alkyl halides is 3. The molecule has 1 N–H and O–H groups in total. The van der Waals surface area contributed by atoms with Gasteiger partial charge in [0.15, 0.2) is 0 Å². The molecule has 3 atom stereocenters. The Hall–Kier alpha value is -3.81. The second-order valence-electron chi connectivity index (χ2n) is 9.14. The van der Waals surface area contributed by atoms with Crippen LogP contribution in [0.3, 0.4) is 0 Å². The fourth-order valence-corrected chi connectivity index (χ4v) is 4.71. The third-order valence-electron chi connectivity index (χ3n) is 6.65. The van der Waals surface area contributed by atoms with Crippen LogP contribution in [0.2, 0.25) is 0 Å². The molecule has 4 rings (SSSR count). The maximum Gasteiger partial charge on any atom is 0.416 e. The number of hydrogen-bond acceptors (Lipinski definition) is 5. The summed E-state index contributed by atoms with van der Waals surface area (Å²) < 4.78 is 50.2. The van der Waals surface area contributed by atoms with Crippen LogP contribution in [0.5, 0.6) is 5.75 Å². The maximum absolute atomic E-state index is 13.4. The van der Waals surface area contributed by atoms with Gasteiger partial charge in [-0.3, -0.25) is 9.59 Å². The summed E-state index contributed by atoms with van der Waals surface area (Å²) in [4.78, 5) is 26.2. The molecular formula is C29H28F3NO4. The van der Waals surface area contributed by atoms with Crippen LogP contribution in [-0.4, -0.2) is 25.4 Å². The highest BCUT2D eigenvalue weighted by molar-refractivity contribution is 5.85. The number of Topliss-reactive ketones (excluding diaryl/α,β-unsaturated/α-hetero) is 1. The van der Waals surface area contributed by atoms with Gasteiger partial charge in [0.05, 0.1) is 18.1 Å². The lowest BCUT2D eigenvalue weighted by atomic mass is 9.69. The van der Waals surface area contributed by atoms with E-state index in [1.807, 2.05) is 54.6 Å². The summed E-state index contributed by atoms with van der Waals surface area (Å²) in [5.41, 5.74) is 1.81. The Bertz CT molecular complexity index is 1190. The highest BCUT2D eigenvalue weighted by Crippen LogP contribution is 2.41. The Morgan fingerprint density at radius 1 is 0.946 bits per heavy atom. The third kappa shape index (κ3) is 6.70. The molecule has 5 nitrogen and oxygen atoms in total. The first-order chi connectivity index (χ1) is 17.7. The van der Waals surface area contributed by atoms with Crippen molar-refractivity contribution in [2.24, 2.45) is 11.8 Å². The number of carbonyl (C=O) groups excluding carboxylic acids is 2. The van der Waals surface area contributed by atoms with Crippen molar-refractivity contribution in [2.75, 3.05) is 19.0 Å². The highest BCUT2D eigenvalue weighted by Gasteiger charge is 2.43. The van der Waals surface area contributed by atoms with E-state index in [1.165, 1.54) is 12.1 Å². The molecule has 0 aromatic heterocycles. The molecule has 8 heteroatoms. The Balaban J connectivity index is 1.55. The zero-order valence-corrected chi connectivity index (χ0v) is 20.3. The molecule has 0 aliphatic heterocycles. The van der Waals surface area contributed by atoms with Crippen molar-refractivity contribution in [1.82, 2.24) is 0 Å². The zero-order valence-electron chi connectivity index (χ0n) is 20.3. The number of hydrogen-bond donors (Lipinski definition) is 1. The Labute approximate surface area is 213 Å². The number of halogens is 3. The van der Waals surface area contributed by atoms with E-state index in [-0.39, 0.29) is 37.6 Å². The Morgan fingerprint density at radius 2 is 1.62 bits per heavy atom. The number of carbonyl (C=O) groups is 2. The van der Waals surface area contributed by atoms with Crippen LogP contribution in [0, 0.1) is 11.8 Å². The van der Waals surface area contributed by atoms with Gasteiger partial charge in [-0.1, -0.05) is 42.5 Å². The maximum atomic E-state index is 13.4. The summed E-state index contributed by atoms with van der Waals surface area (Å²) in [6.45, 7) is 0.0926. The molecule has 0 radical (unpaired) electrons. The quantitative estimate of drug-likeness (QED) is 0.362. The van der Waals surface area contributed by atoms with Crippen LogP contribution in [0.4, 0.5) is 18.9 Å². The molecule has 0 heterocycles. The van der Waals surface area contributed by atoms with E-state index in [1.54, 1.807) is 7.05 Å². The topological polar surface area (TPSA) is 64.6 Å². The molecule has 1 saturated carbocycles. The predicted molar refractivity (Wildman–Crippen MR) is 133 cm³/mol. The molecule has 194 valence electrons. The first-order valence-electron chi connectivity index (χ1n) is 12.0. The number of ketones is 1. The van der Waals surface area contributed by atoms with Gasteiger partial charge in [0.25, 0.3) is 0 Å². The van der Waals surface area contributed by atoms with Gasteiger partial charge in [-0.25, -0.2) is 0 Å². The van der Waals surface area contributed by atoms with Crippen molar-refractivity contribution in [3.63, 3.8) is 0 Å². The molecule has 0 amide bonds. The predicted octanol–water partition coefficient (Wildman–Crippen LogP) is 6.25. The minimum Gasteiger partial charge on any atom is -0.493 e. The number of esters is 1. The van der Waals surface area contributed by atoms with Gasteiger partial charge < -0.3 is 14.8 Å². The molecule has 1 aliphatic rings. The van der Waals surface area contributed by atoms with E-state index in [0.717, 1.165) is 28.9 Å². The van der Waals surface area contributed by atoms with Gasteiger partial charge in [-0.15, -0.1) is 0 Å². The highest BCUT2D eigenvalue weighted by atomic mass is 19.4. The largest absolute Gasteiger partial charge is 0.493 e. The molecular weight excluding hydrogens is 483 g/mol. The van der Waals surface area contributed by atoms with Gasteiger partial charge in [-0.2, -0.15) is 13.2 Å². The monoisotopic (exact) mass is 511 g/mol. The Morgan fingerprint density at radius 3 is 2.24 bits per heavy atom. The van der Waals surface area contributed by atoms with Crippen LogP contribution >= 0.6 is 0 Å². The average Bonchev–Trinajstić information content (AvgIpc) is 2.90. The van der Waals surface area contributed by atoms with E-state index in [9.17, 15) is 22.8 Å². The summed E-state index contributed by atoms with van der Waals surface area (Å²) >= 11 is 0. The van der Waals surface area contributed by atoms with Crippen molar-refractivity contribution < 1.29 is 32.2 Å². The van der Waals surface area contributed by atoms with Crippen LogP contribution in [0.25, 0.3) is 0 Å². The lowest BCUT2D eigenvalue weighted by Gasteiger charge is -2.36. The third-order valence-corrected chi connectivity index (χ3v) is 6.65. The number of rotatable bonds is 8. The molecule has 0 bridgehead atoms. The average molecular weight is 512 g/mol. The molecule has 3 aromatic rings. The molecule has 37 heavy (non-hydrogen) atoms. The summed E-state index contributed by atoms with van der Waals surface area (Å²) in [6.07, 6.45) is -4.13. The minimum atomic E-state index is -4.45. The van der Waals surface area contributed by atoms with E-state index < -0.39 is 35.5 Å². The molecule has 0 saturated heterocycles. The molecule has 1 fully saturated rings. The summed E-state index contributed by atoms with van der Waals surface area (Å²) in [5, 5.41) is 3.05. The first-order valence-corrected chi connectivity index (χ1v) is 12.0. The van der Waals surface area contributed by atoms with Crippen LogP contribution in [0.15, 0.2) is 78.9 Å². The lowest BCUT2D eigenvalue weighted by molar-refractivity contribution is -0.155. The molecule has 0 unspecified atom stereocenters. The van der Waals surface area contributed by atoms with Gasteiger partial charge in [0.1, 0.15) is 18.1 Å². The first kappa shape index (κ1) is 26.3. The normalized spacial score (nSPS) is 19.8. The van der Waals surface area contributed by atoms with Crippen LogP contribution < -0.4 is 10.1 Å². The number of benzene rings is 3. The number of anilines is 1. The van der Waals surface area contributed by atoms with Gasteiger partial charge in [0, 0.05) is 37.4 Å². The fraction of sp³-hybridized carbons (Fsp3) is 0.310. The second-order valence-corrected chi connectivity index (χ2v) is 9.14. The molecule has 0 spiro atoms. The van der Waals surface area contributed by atoms with E-state index >= 15 is 0 Å². The van der Waals surface area contributed by atoms with E-state index in [2.05, 4.69) is 5.32 Å². The van der Waals surface area contributed by atoms with Crippen LogP contribution in [0.1, 0.15) is 35.4 Å².